The van der Waals surface area contributed by atoms with Crippen LogP contribution in [0.1, 0.15) is 45.3 Å². The maximum absolute atomic E-state index is 12.6. The van der Waals surface area contributed by atoms with Gasteiger partial charge in [0, 0.05) is 29.3 Å². The Kier molecular flexibility index (Phi) is 5.60. The van der Waals surface area contributed by atoms with Crippen LogP contribution in [0.25, 0.3) is 10.9 Å². The van der Waals surface area contributed by atoms with E-state index in [1.165, 1.54) is 0 Å². The first-order chi connectivity index (χ1) is 13.3. The first-order valence-electron chi connectivity index (χ1n) is 8.95. The van der Waals surface area contributed by atoms with Crippen molar-refractivity contribution in [2.75, 3.05) is 11.9 Å². The summed E-state index contributed by atoms with van der Waals surface area (Å²) >= 11 is 1.06. The number of esters is 1. The number of rotatable bonds is 5. The number of thiazole rings is 1. The number of carbonyl (C=O) groups excluding carboxylic acids is 2. The van der Waals surface area contributed by atoms with Gasteiger partial charge in [0.25, 0.3) is 5.91 Å². The molecule has 0 radical (unpaired) electrons. The minimum absolute atomic E-state index is 0.124. The van der Waals surface area contributed by atoms with Gasteiger partial charge < -0.3 is 9.30 Å². The fraction of sp³-hybridized carbons (Fsp3) is 0.300. The van der Waals surface area contributed by atoms with Crippen molar-refractivity contribution >= 4 is 39.2 Å². The lowest BCUT2D eigenvalue weighted by Gasteiger charge is -2.13. The Morgan fingerprint density at radius 1 is 1.21 bits per heavy atom. The van der Waals surface area contributed by atoms with Crippen LogP contribution in [0.2, 0.25) is 0 Å². The van der Waals surface area contributed by atoms with Gasteiger partial charge in [-0.3, -0.25) is 14.9 Å². The molecule has 1 amide bonds. The van der Waals surface area contributed by atoms with Gasteiger partial charge in [0.2, 0.25) is 0 Å². The van der Waals surface area contributed by atoms with Gasteiger partial charge in [-0.1, -0.05) is 11.3 Å². The maximum atomic E-state index is 12.6. The Bertz CT molecular complexity index is 1130. The first-order valence-corrected chi connectivity index (χ1v) is 9.77. The average molecular weight is 399 g/mol. The SMILES string of the molecule is CCOC(=O)c1sc(NC(=O)c2ccc3c(c2)c(=O)cc(C)n3CC)nc1C. The van der Waals surface area contributed by atoms with E-state index in [0.29, 0.717) is 26.7 Å². The summed E-state index contributed by atoms with van der Waals surface area (Å²) in [6.45, 7) is 8.29. The van der Waals surface area contributed by atoms with Crippen LogP contribution in [0.15, 0.2) is 29.1 Å². The predicted octanol–water partition coefficient (Wildman–Crippen LogP) is 3.52. The third-order valence-electron chi connectivity index (χ3n) is 4.37. The number of anilines is 1. The van der Waals surface area contributed by atoms with Crippen LogP contribution in [0.4, 0.5) is 5.13 Å². The zero-order valence-corrected chi connectivity index (χ0v) is 17.0. The van der Waals surface area contributed by atoms with E-state index in [4.69, 9.17) is 4.74 Å². The lowest BCUT2D eigenvalue weighted by atomic mass is 10.1. The monoisotopic (exact) mass is 399 g/mol. The first kappa shape index (κ1) is 19.8. The van der Waals surface area contributed by atoms with Crippen molar-refractivity contribution in [1.82, 2.24) is 9.55 Å². The van der Waals surface area contributed by atoms with E-state index >= 15 is 0 Å². The molecular formula is C20H21N3O4S. The molecule has 0 atom stereocenters. The fourth-order valence-corrected chi connectivity index (χ4v) is 3.93. The normalized spacial score (nSPS) is 10.9. The number of hydrogen-bond donors (Lipinski definition) is 1. The van der Waals surface area contributed by atoms with Gasteiger partial charge in [0.15, 0.2) is 10.6 Å². The molecule has 0 fully saturated rings. The van der Waals surface area contributed by atoms with Crippen LogP contribution in [0, 0.1) is 13.8 Å². The highest BCUT2D eigenvalue weighted by molar-refractivity contribution is 7.17. The summed E-state index contributed by atoms with van der Waals surface area (Å²) in [5.41, 5.74) is 2.39. The van der Waals surface area contributed by atoms with Crippen LogP contribution in [0.5, 0.6) is 0 Å². The van der Waals surface area contributed by atoms with Crippen LogP contribution in [-0.2, 0) is 11.3 Å². The number of aromatic nitrogens is 2. The number of aryl methyl sites for hydroxylation is 3. The Morgan fingerprint density at radius 2 is 1.96 bits per heavy atom. The molecule has 146 valence electrons. The Hall–Kier alpha value is -3.00. The van der Waals surface area contributed by atoms with Crippen molar-refractivity contribution in [1.29, 1.82) is 0 Å². The number of carbonyl (C=O) groups is 2. The Morgan fingerprint density at radius 3 is 2.64 bits per heavy atom. The van der Waals surface area contributed by atoms with Crippen LogP contribution < -0.4 is 10.7 Å². The summed E-state index contributed by atoms with van der Waals surface area (Å²) in [4.78, 5) is 41.5. The second-order valence-electron chi connectivity index (χ2n) is 6.23. The smallest absolute Gasteiger partial charge is 0.350 e. The lowest BCUT2D eigenvalue weighted by molar-refractivity contribution is 0.0531. The van der Waals surface area contributed by atoms with Gasteiger partial charge in [-0.25, -0.2) is 9.78 Å². The molecule has 3 aromatic rings. The van der Waals surface area contributed by atoms with E-state index in [0.717, 1.165) is 29.1 Å². The molecule has 3 rings (SSSR count). The number of nitrogens with zero attached hydrogens (tertiary/aromatic N) is 2. The topological polar surface area (TPSA) is 90.3 Å². The van der Waals surface area contributed by atoms with E-state index in [1.807, 2.05) is 18.4 Å². The third kappa shape index (κ3) is 3.68. The zero-order chi connectivity index (χ0) is 20.4. The molecule has 1 N–H and O–H groups in total. The number of ether oxygens (including phenoxy) is 1. The zero-order valence-electron chi connectivity index (χ0n) is 16.2. The van der Waals surface area contributed by atoms with Crippen molar-refractivity contribution in [3.05, 3.63) is 56.3 Å². The van der Waals surface area contributed by atoms with E-state index < -0.39 is 11.9 Å². The van der Waals surface area contributed by atoms with Gasteiger partial charge in [0.1, 0.15) is 4.88 Å². The number of benzene rings is 1. The van der Waals surface area contributed by atoms with Crippen molar-refractivity contribution in [2.24, 2.45) is 0 Å². The molecule has 0 aliphatic carbocycles. The fourth-order valence-electron chi connectivity index (χ4n) is 3.07. The molecule has 0 bridgehead atoms. The number of fused-ring (bicyclic) bond motifs is 1. The minimum atomic E-state index is -0.459. The molecule has 2 heterocycles. The number of amides is 1. The third-order valence-corrected chi connectivity index (χ3v) is 5.43. The molecule has 0 saturated heterocycles. The molecule has 7 nitrogen and oxygen atoms in total. The molecule has 2 aromatic heterocycles. The summed E-state index contributed by atoms with van der Waals surface area (Å²) in [6, 6.07) is 6.61. The lowest BCUT2D eigenvalue weighted by Crippen LogP contribution is -2.15. The molecule has 0 aliphatic rings. The highest BCUT2D eigenvalue weighted by Crippen LogP contribution is 2.24. The Balaban J connectivity index is 1.91. The second kappa shape index (κ2) is 7.93. The molecule has 0 spiro atoms. The molecule has 0 unspecified atom stereocenters. The van der Waals surface area contributed by atoms with Crippen molar-refractivity contribution in [3.8, 4) is 0 Å². The van der Waals surface area contributed by atoms with E-state index in [-0.39, 0.29) is 12.0 Å². The largest absolute Gasteiger partial charge is 0.462 e. The van der Waals surface area contributed by atoms with Gasteiger partial charge in [0.05, 0.1) is 17.8 Å². The average Bonchev–Trinajstić information content (AvgIpc) is 3.02. The van der Waals surface area contributed by atoms with Crippen molar-refractivity contribution in [2.45, 2.75) is 34.2 Å². The highest BCUT2D eigenvalue weighted by atomic mass is 32.1. The van der Waals surface area contributed by atoms with Gasteiger partial charge in [-0.15, -0.1) is 0 Å². The summed E-state index contributed by atoms with van der Waals surface area (Å²) in [5, 5.41) is 3.49. The summed E-state index contributed by atoms with van der Waals surface area (Å²) in [5.74, 6) is -0.853. The van der Waals surface area contributed by atoms with Crippen LogP contribution in [-0.4, -0.2) is 28.0 Å². The van der Waals surface area contributed by atoms with Crippen LogP contribution in [0.3, 0.4) is 0 Å². The van der Waals surface area contributed by atoms with Crippen molar-refractivity contribution < 1.29 is 14.3 Å². The maximum Gasteiger partial charge on any atom is 0.350 e. The molecule has 8 heteroatoms. The van der Waals surface area contributed by atoms with Crippen LogP contribution >= 0.6 is 11.3 Å². The molecular weight excluding hydrogens is 378 g/mol. The summed E-state index contributed by atoms with van der Waals surface area (Å²) in [7, 11) is 0. The molecule has 0 aliphatic heterocycles. The minimum Gasteiger partial charge on any atom is -0.462 e. The van der Waals surface area contributed by atoms with Crippen molar-refractivity contribution in [3.63, 3.8) is 0 Å². The number of pyridine rings is 1. The van der Waals surface area contributed by atoms with Gasteiger partial charge in [-0.2, -0.15) is 0 Å². The van der Waals surface area contributed by atoms with E-state index in [2.05, 4.69) is 10.3 Å². The highest BCUT2D eigenvalue weighted by Gasteiger charge is 2.18. The summed E-state index contributed by atoms with van der Waals surface area (Å²) < 4.78 is 7.01. The molecule has 1 aromatic carbocycles. The van der Waals surface area contributed by atoms with E-state index in [9.17, 15) is 14.4 Å². The summed E-state index contributed by atoms with van der Waals surface area (Å²) in [6.07, 6.45) is 0. The standard InChI is InChI=1S/C20H21N3O4S/c1-5-23-11(3)9-16(24)14-10-13(7-8-15(14)23)18(25)22-20-21-12(4)17(28-20)19(26)27-6-2/h7-10H,5-6H2,1-4H3,(H,21,22,25). The van der Waals surface area contributed by atoms with Gasteiger partial charge in [-0.05, 0) is 45.9 Å². The van der Waals surface area contributed by atoms with Gasteiger partial charge >= 0.3 is 5.97 Å². The quantitative estimate of drug-likeness (QED) is 0.663. The second-order valence-corrected chi connectivity index (χ2v) is 7.23. The van der Waals surface area contributed by atoms with E-state index in [1.54, 1.807) is 38.1 Å². The molecule has 28 heavy (non-hydrogen) atoms. The molecule has 0 saturated carbocycles. The Labute approximate surface area is 166 Å². The number of hydrogen-bond acceptors (Lipinski definition) is 6. The number of nitrogens with one attached hydrogen (secondary N) is 1. The predicted molar refractivity (Wildman–Crippen MR) is 109 cm³/mol.